The van der Waals surface area contributed by atoms with Gasteiger partial charge in [0.2, 0.25) is 0 Å². The first-order valence-electron chi connectivity index (χ1n) is 5.57. The summed E-state index contributed by atoms with van der Waals surface area (Å²) in [7, 11) is 1.64. The zero-order chi connectivity index (χ0) is 12.4. The van der Waals surface area contributed by atoms with Crippen LogP contribution >= 0.6 is 0 Å². The van der Waals surface area contributed by atoms with Gasteiger partial charge in [-0.3, -0.25) is 0 Å². The predicted octanol–water partition coefficient (Wildman–Crippen LogP) is 2.43. The first-order valence-corrected chi connectivity index (χ1v) is 5.57. The molecule has 2 rings (SSSR count). The molecule has 0 aromatic heterocycles. The summed E-state index contributed by atoms with van der Waals surface area (Å²) >= 11 is 0. The van der Waals surface area contributed by atoms with E-state index >= 15 is 0 Å². The van der Waals surface area contributed by atoms with Crippen LogP contribution in [0.3, 0.4) is 0 Å². The van der Waals surface area contributed by atoms with Gasteiger partial charge in [-0.15, -0.1) is 0 Å². The number of hydrogen-bond donors (Lipinski definition) is 1. The van der Waals surface area contributed by atoms with E-state index in [1.54, 1.807) is 19.2 Å². The number of nitrogen functional groups attached to an aromatic ring is 1. The molecule has 2 N–H and O–H groups in total. The molecule has 1 fully saturated rings. The van der Waals surface area contributed by atoms with E-state index in [-0.39, 0.29) is 11.7 Å². The molecule has 1 aromatic rings. The Balaban J connectivity index is 2.26. The molecule has 1 aliphatic heterocycles. The third kappa shape index (κ3) is 2.49. The lowest BCUT2D eigenvalue weighted by atomic mass is 10.1. The molecule has 0 spiro atoms. The second-order valence-electron chi connectivity index (χ2n) is 4.21. The Hall–Kier alpha value is -1.36. The molecular weight excluding hydrogens is 226 g/mol. The van der Waals surface area contributed by atoms with Crippen LogP contribution in [-0.2, 0) is 4.74 Å². The fraction of sp³-hybridized carbons (Fsp3) is 0.500. The number of nitrogens with two attached hydrogens (primary N) is 1. The molecule has 1 atom stereocenters. The second kappa shape index (κ2) is 4.87. The Kier molecular flexibility index (Phi) is 3.47. The third-order valence-electron chi connectivity index (χ3n) is 3.11. The van der Waals surface area contributed by atoms with Gasteiger partial charge in [0.15, 0.2) is 0 Å². The van der Waals surface area contributed by atoms with Crippen LogP contribution in [0, 0.1) is 0 Å². The van der Waals surface area contributed by atoms with Gasteiger partial charge < -0.3 is 15.4 Å². The topological polar surface area (TPSA) is 38.5 Å². The summed E-state index contributed by atoms with van der Waals surface area (Å²) in [5, 5.41) is 0. The summed E-state index contributed by atoms with van der Waals surface area (Å²) in [5.41, 5.74) is 6.47. The molecule has 0 radical (unpaired) electrons. The fourth-order valence-electron chi connectivity index (χ4n) is 2.18. The van der Waals surface area contributed by atoms with Crippen molar-refractivity contribution in [3.63, 3.8) is 0 Å². The number of nitrogens with zero attached hydrogens (tertiary/aromatic N) is 1. The summed E-state index contributed by atoms with van der Waals surface area (Å²) in [5.74, 6) is 0. The highest BCUT2D eigenvalue weighted by molar-refractivity contribution is 5.60. The van der Waals surface area contributed by atoms with Gasteiger partial charge in [-0.2, -0.15) is 0 Å². The van der Waals surface area contributed by atoms with Crippen LogP contribution in [0.25, 0.3) is 0 Å². The van der Waals surface area contributed by atoms with Crippen LogP contribution in [0.4, 0.5) is 20.2 Å². The number of anilines is 2. The van der Waals surface area contributed by atoms with E-state index in [1.165, 1.54) is 6.07 Å². The Morgan fingerprint density at radius 2 is 2.24 bits per heavy atom. The summed E-state index contributed by atoms with van der Waals surface area (Å²) in [6, 6.07) is 4.66. The first-order chi connectivity index (χ1) is 8.11. The molecule has 1 saturated heterocycles. The maximum Gasteiger partial charge on any atom is 0.265 e. The number of ether oxygens (including phenoxy) is 1. The lowest BCUT2D eigenvalue weighted by Gasteiger charge is -2.22. The average molecular weight is 242 g/mol. The second-order valence-corrected chi connectivity index (χ2v) is 4.21. The SMILES string of the molecule is COC1CCN(c2ccc(N)cc2C(F)F)C1. The first kappa shape index (κ1) is 12.1. The molecule has 1 aliphatic rings. The van der Waals surface area contributed by atoms with Crippen LogP contribution in [0.1, 0.15) is 18.4 Å². The van der Waals surface area contributed by atoms with E-state index in [0.717, 1.165) is 13.0 Å². The minimum atomic E-state index is -2.50. The van der Waals surface area contributed by atoms with Crippen molar-refractivity contribution in [1.82, 2.24) is 0 Å². The molecule has 0 aliphatic carbocycles. The molecule has 5 heteroatoms. The quantitative estimate of drug-likeness (QED) is 0.827. The van der Waals surface area contributed by atoms with Crippen LogP contribution in [0.2, 0.25) is 0 Å². The minimum Gasteiger partial charge on any atom is -0.399 e. The van der Waals surface area contributed by atoms with Gasteiger partial charge in [0.1, 0.15) is 0 Å². The Morgan fingerprint density at radius 3 is 2.82 bits per heavy atom. The van der Waals surface area contributed by atoms with Gasteiger partial charge in [-0.1, -0.05) is 0 Å². The largest absolute Gasteiger partial charge is 0.399 e. The van der Waals surface area contributed by atoms with Crippen molar-refractivity contribution in [2.24, 2.45) is 0 Å². The fourth-order valence-corrected chi connectivity index (χ4v) is 2.18. The molecule has 3 nitrogen and oxygen atoms in total. The molecule has 1 unspecified atom stereocenters. The number of methoxy groups -OCH3 is 1. The van der Waals surface area contributed by atoms with Crippen LogP contribution in [-0.4, -0.2) is 26.3 Å². The summed E-state index contributed by atoms with van der Waals surface area (Å²) < 4.78 is 31.1. The molecule has 17 heavy (non-hydrogen) atoms. The third-order valence-corrected chi connectivity index (χ3v) is 3.11. The van der Waals surface area contributed by atoms with Crippen molar-refractivity contribution < 1.29 is 13.5 Å². The van der Waals surface area contributed by atoms with Gasteiger partial charge in [-0.05, 0) is 24.6 Å². The zero-order valence-corrected chi connectivity index (χ0v) is 9.70. The van der Waals surface area contributed by atoms with Crippen molar-refractivity contribution >= 4 is 11.4 Å². The summed E-state index contributed by atoms with van der Waals surface area (Å²) in [6.07, 6.45) is -1.52. The normalized spacial score (nSPS) is 20.2. The van der Waals surface area contributed by atoms with Crippen molar-refractivity contribution in [1.29, 1.82) is 0 Å². The maximum absolute atomic E-state index is 12.9. The van der Waals surface area contributed by atoms with Gasteiger partial charge in [0.05, 0.1) is 6.10 Å². The van der Waals surface area contributed by atoms with Gasteiger partial charge in [0.25, 0.3) is 6.43 Å². The average Bonchev–Trinajstić information content (AvgIpc) is 2.77. The zero-order valence-electron chi connectivity index (χ0n) is 9.70. The van der Waals surface area contributed by atoms with E-state index in [0.29, 0.717) is 17.9 Å². The molecule has 1 heterocycles. The highest BCUT2D eigenvalue weighted by Gasteiger charge is 2.26. The number of halogens is 2. The van der Waals surface area contributed by atoms with E-state index in [4.69, 9.17) is 10.5 Å². The van der Waals surface area contributed by atoms with Crippen molar-refractivity contribution in [3.8, 4) is 0 Å². The highest BCUT2D eigenvalue weighted by atomic mass is 19.3. The number of alkyl halides is 2. The molecule has 0 saturated carbocycles. The highest BCUT2D eigenvalue weighted by Crippen LogP contribution is 2.33. The molecular formula is C12H16F2N2O. The Morgan fingerprint density at radius 1 is 1.47 bits per heavy atom. The van der Waals surface area contributed by atoms with E-state index < -0.39 is 6.43 Å². The maximum atomic E-state index is 12.9. The van der Waals surface area contributed by atoms with E-state index in [9.17, 15) is 8.78 Å². The molecule has 0 amide bonds. The number of benzene rings is 1. The Bertz CT molecular complexity index is 398. The number of rotatable bonds is 3. The van der Waals surface area contributed by atoms with Crippen molar-refractivity contribution in [2.45, 2.75) is 19.0 Å². The molecule has 0 bridgehead atoms. The van der Waals surface area contributed by atoms with Gasteiger partial charge >= 0.3 is 0 Å². The van der Waals surface area contributed by atoms with E-state index in [1.807, 2.05) is 4.90 Å². The standard InChI is InChI=1S/C12H16F2N2O/c1-17-9-4-5-16(7-9)11-3-2-8(15)6-10(11)12(13)14/h2-3,6,9,12H,4-5,7,15H2,1H3. The van der Waals surface area contributed by atoms with Crippen molar-refractivity contribution in [2.75, 3.05) is 30.8 Å². The summed E-state index contributed by atoms with van der Waals surface area (Å²) in [4.78, 5) is 1.93. The van der Waals surface area contributed by atoms with Crippen molar-refractivity contribution in [3.05, 3.63) is 23.8 Å². The van der Waals surface area contributed by atoms with Crippen LogP contribution in [0.15, 0.2) is 18.2 Å². The lowest BCUT2D eigenvalue weighted by Crippen LogP contribution is -2.23. The van der Waals surface area contributed by atoms with Crippen LogP contribution < -0.4 is 10.6 Å². The molecule has 94 valence electrons. The monoisotopic (exact) mass is 242 g/mol. The van der Waals surface area contributed by atoms with E-state index in [2.05, 4.69) is 0 Å². The lowest BCUT2D eigenvalue weighted by molar-refractivity contribution is 0.121. The minimum absolute atomic E-state index is 0.00162. The predicted molar refractivity (Wildman–Crippen MR) is 63.4 cm³/mol. The van der Waals surface area contributed by atoms with Gasteiger partial charge in [0, 0.05) is 37.1 Å². The summed E-state index contributed by atoms with van der Waals surface area (Å²) in [6.45, 7) is 1.39. The smallest absolute Gasteiger partial charge is 0.265 e. The van der Waals surface area contributed by atoms with Crippen LogP contribution in [0.5, 0.6) is 0 Å². The Labute approximate surface area is 99.2 Å². The van der Waals surface area contributed by atoms with Gasteiger partial charge in [-0.25, -0.2) is 8.78 Å². The molecule has 1 aromatic carbocycles. The number of hydrogen-bond acceptors (Lipinski definition) is 3.